The fourth-order valence-electron chi connectivity index (χ4n) is 4.89. The van der Waals surface area contributed by atoms with Crippen molar-refractivity contribution < 1.29 is 4.74 Å². The summed E-state index contributed by atoms with van der Waals surface area (Å²) in [5.41, 5.74) is 7.64. The number of rotatable bonds is 2. The van der Waals surface area contributed by atoms with Gasteiger partial charge in [-0.05, 0) is 36.1 Å². The van der Waals surface area contributed by atoms with Gasteiger partial charge >= 0.3 is 0 Å². The van der Waals surface area contributed by atoms with Crippen LogP contribution in [0.25, 0.3) is 0 Å². The van der Waals surface area contributed by atoms with Gasteiger partial charge in [-0.25, -0.2) is 0 Å². The minimum absolute atomic E-state index is 0.130. The molecule has 28 heavy (non-hydrogen) atoms. The third-order valence-electron chi connectivity index (χ3n) is 6.35. The number of nitrogens with zero attached hydrogens (tertiary/aromatic N) is 2. The van der Waals surface area contributed by atoms with E-state index in [-0.39, 0.29) is 5.41 Å². The van der Waals surface area contributed by atoms with Gasteiger partial charge in [0, 0.05) is 62.8 Å². The number of hydrogen-bond acceptors (Lipinski definition) is 3. The summed E-state index contributed by atoms with van der Waals surface area (Å²) in [6.45, 7) is 0. The molecule has 3 heteroatoms. The number of fused-ring (bicyclic) bond motifs is 6. The van der Waals surface area contributed by atoms with E-state index in [2.05, 4.69) is 98.7 Å². The molecule has 0 unspecified atom stereocenters. The lowest BCUT2D eigenvalue weighted by atomic mass is 9.68. The molecule has 0 radical (unpaired) electrons. The van der Waals surface area contributed by atoms with Gasteiger partial charge in [0.05, 0.1) is 5.41 Å². The first-order chi connectivity index (χ1) is 13.5. The predicted octanol–water partition coefficient (Wildman–Crippen LogP) is 5.20. The Morgan fingerprint density at radius 3 is 1.86 bits per heavy atom. The van der Waals surface area contributed by atoms with Crippen molar-refractivity contribution in [2.75, 3.05) is 38.0 Å². The minimum atomic E-state index is -0.130. The summed E-state index contributed by atoms with van der Waals surface area (Å²) in [5, 5.41) is 0. The summed E-state index contributed by atoms with van der Waals surface area (Å²) in [4.78, 5) is 4.26. The van der Waals surface area contributed by atoms with Crippen molar-refractivity contribution in [3.63, 3.8) is 0 Å². The summed E-state index contributed by atoms with van der Waals surface area (Å²) < 4.78 is 6.51. The second kappa shape index (κ2) is 6.03. The molecule has 1 aliphatic carbocycles. The van der Waals surface area contributed by atoms with Crippen LogP contribution >= 0.6 is 0 Å². The maximum atomic E-state index is 6.51. The van der Waals surface area contributed by atoms with E-state index in [9.17, 15) is 0 Å². The van der Waals surface area contributed by atoms with Crippen molar-refractivity contribution in [2.45, 2.75) is 18.3 Å². The number of aryl methyl sites for hydroxylation is 1. The number of hydrogen-bond donors (Lipinski definition) is 0. The van der Waals surface area contributed by atoms with Crippen molar-refractivity contribution in [1.82, 2.24) is 0 Å². The number of benzene rings is 3. The summed E-state index contributed by atoms with van der Waals surface area (Å²) in [6.07, 6.45) is 2.18. The zero-order chi connectivity index (χ0) is 19.5. The highest BCUT2D eigenvalue weighted by Crippen LogP contribution is 2.58. The highest BCUT2D eigenvalue weighted by atomic mass is 16.5. The van der Waals surface area contributed by atoms with Gasteiger partial charge in [-0.2, -0.15) is 0 Å². The highest BCUT2D eigenvalue weighted by molar-refractivity contribution is 5.70. The molecule has 0 aromatic heterocycles. The molecular weight excluding hydrogens is 344 g/mol. The van der Waals surface area contributed by atoms with Crippen LogP contribution in [0.5, 0.6) is 11.5 Å². The SMILES string of the molecule is CN(C)c1ccc2c(c1)Oc1cc(N(C)C)ccc1C21CCc2ccccc21. The van der Waals surface area contributed by atoms with Gasteiger partial charge in [0.1, 0.15) is 11.5 Å². The molecule has 142 valence electrons. The molecule has 0 fully saturated rings. The molecule has 3 aromatic carbocycles. The van der Waals surface area contributed by atoms with Crippen LogP contribution in [0.4, 0.5) is 11.4 Å². The average molecular weight is 370 g/mol. The van der Waals surface area contributed by atoms with E-state index in [0.29, 0.717) is 0 Å². The molecule has 5 rings (SSSR count). The lowest BCUT2D eigenvalue weighted by Gasteiger charge is -2.39. The summed E-state index contributed by atoms with van der Waals surface area (Å²) in [7, 11) is 8.29. The van der Waals surface area contributed by atoms with Gasteiger partial charge in [0.15, 0.2) is 0 Å². The Bertz CT molecular complexity index is 1010. The second-order valence-electron chi connectivity index (χ2n) is 8.31. The topological polar surface area (TPSA) is 15.7 Å². The molecule has 0 bridgehead atoms. The monoisotopic (exact) mass is 370 g/mol. The second-order valence-corrected chi connectivity index (χ2v) is 8.31. The third kappa shape index (κ3) is 2.29. The van der Waals surface area contributed by atoms with Crippen LogP contribution in [0.3, 0.4) is 0 Å². The first-order valence-electron chi connectivity index (χ1n) is 9.90. The van der Waals surface area contributed by atoms with E-state index < -0.39 is 0 Å². The Kier molecular flexibility index (Phi) is 3.70. The smallest absolute Gasteiger partial charge is 0.133 e. The zero-order valence-electron chi connectivity index (χ0n) is 17.0. The molecule has 0 amide bonds. The van der Waals surface area contributed by atoms with Crippen molar-refractivity contribution in [3.8, 4) is 11.5 Å². The van der Waals surface area contributed by atoms with Crippen molar-refractivity contribution in [3.05, 3.63) is 82.9 Å². The lowest BCUT2D eigenvalue weighted by Crippen LogP contribution is -2.30. The molecule has 0 atom stereocenters. The number of ether oxygens (including phenoxy) is 1. The quantitative estimate of drug-likeness (QED) is 0.616. The minimum Gasteiger partial charge on any atom is -0.457 e. The van der Waals surface area contributed by atoms with E-state index in [0.717, 1.165) is 35.7 Å². The Hall–Kier alpha value is -2.94. The summed E-state index contributed by atoms with van der Waals surface area (Å²) >= 11 is 0. The molecule has 1 spiro atoms. The van der Waals surface area contributed by atoms with Gasteiger partial charge in [-0.3, -0.25) is 0 Å². The standard InChI is InChI=1S/C25H26N2O/c1-26(2)18-9-11-21-23(15-18)28-24-16-19(27(3)4)10-12-22(24)25(21)14-13-17-7-5-6-8-20(17)25/h5-12,15-16H,13-14H2,1-4H3. The van der Waals surface area contributed by atoms with E-state index in [4.69, 9.17) is 4.74 Å². The van der Waals surface area contributed by atoms with Gasteiger partial charge in [-0.15, -0.1) is 0 Å². The Morgan fingerprint density at radius 2 is 1.29 bits per heavy atom. The molecule has 0 N–H and O–H groups in total. The molecule has 3 nitrogen and oxygen atoms in total. The fourth-order valence-corrected chi connectivity index (χ4v) is 4.89. The molecule has 0 saturated heterocycles. The first kappa shape index (κ1) is 17.2. The summed E-state index contributed by atoms with van der Waals surface area (Å²) in [5.74, 6) is 1.96. The Balaban J connectivity index is 1.80. The van der Waals surface area contributed by atoms with Crippen LogP contribution in [0.1, 0.15) is 28.7 Å². The highest BCUT2D eigenvalue weighted by Gasteiger charge is 2.47. The van der Waals surface area contributed by atoms with Crippen LogP contribution < -0.4 is 14.5 Å². The van der Waals surface area contributed by atoms with Crippen molar-refractivity contribution in [1.29, 1.82) is 0 Å². The van der Waals surface area contributed by atoms with Crippen LogP contribution in [0, 0.1) is 0 Å². The maximum Gasteiger partial charge on any atom is 0.133 e. The van der Waals surface area contributed by atoms with Crippen molar-refractivity contribution >= 4 is 11.4 Å². The van der Waals surface area contributed by atoms with E-state index >= 15 is 0 Å². The molecule has 1 heterocycles. The molecule has 1 aliphatic heterocycles. The fraction of sp³-hybridized carbons (Fsp3) is 0.280. The molecule has 2 aliphatic rings. The van der Waals surface area contributed by atoms with Crippen LogP contribution in [-0.2, 0) is 11.8 Å². The maximum absolute atomic E-state index is 6.51. The number of anilines is 2. The van der Waals surface area contributed by atoms with E-state index in [1.54, 1.807) is 0 Å². The van der Waals surface area contributed by atoms with Gasteiger partial charge in [-0.1, -0.05) is 36.4 Å². The average Bonchev–Trinajstić information content (AvgIpc) is 3.07. The van der Waals surface area contributed by atoms with E-state index in [1.807, 2.05) is 0 Å². The lowest BCUT2D eigenvalue weighted by molar-refractivity contribution is 0.416. The summed E-state index contributed by atoms with van der Waals surface area (Å²) in [6, 6.07) is 22.3. The molecule has 3 aromatic rings. The van der Waals surface area contributed by atoms with Crippen LogP contribution in [-0.4, -0.2) is 28.2 Å². The zero-order valence-corrected chi connectivity index (χ0v) is 17.0. The normalized spacial score (nSPS) is 15.4. The first-order valence-corrected chi connectivity index (χ1v) is 9.90. The molecular formula is C25H26N2O. The molecule has 0 saturated carbocycles. The predicted molar refractivity (Wildman–Crippen MR) is 116 cm³/mol. The van der Waals surface area contributed by atoms with Gasteiger partial charge in [0.25, 0.3) is 0 Å². The Morgan fingerprint density at radius 1 is 0.714 bits per heavy atom. The Labute approximate surface area is 167 Å². The largest absolute Gasteiger partial charge is 0.457 e. The van der Waals surface area contributed by atoms with Crippen molar-refractivity contribution in [2.24, 2.45) is 0 Å². The van der Waals surface area contributed by atoms with Gasteiger partial charge < -0.3 is 14.5 Å². The van der Waals surface area contributed by atoms with Crippen LogP contribution in [0.15, 0.2) is 60.7 Å². The third-order valence-corrected chi connectivity index (χ3v) is 6.35. The van der Waals surface area contributed by atoms with E-state index in [1.165, 1.54) is 22.3 Å². The van der Waals surface area contributed by atoms with Crippen LogP contribution in [0.2, 0.25) is 0 Å². The van der Waals surface area contributed by atoms with Gasteiger partial charge in [0.2, 0.25) is 0 Å².